The fraction of sp³-hybridized carbons (Fsp3) is 0.462. The van der Waals surface area contributed by atoms with E-state index in [-0.39, 0.29) is 0 Å². The van der Waals surface area contributed by atoms with Gasteiger partial charge in [0.05, 0.1) is 18.6 Å². The summed E-state index contributed by atoms with van der Waals surface area (Å²) in [5.74, 6) is -0.991. The molecule has 0 fully saturated rings. The monoisotopic (exact) mass is 334 g/mol. The quantitative estimate of drug-likeness (QED) is 0.834. The van der Waals surface area contributed by atoms with Crippen LogP contribution in [0, 0.1) is 5.92 Å². The molecule has 18 heavy (non-hydrogen) atoms. The van der Waals surface area contributed by atoms with Gasteiger partial charge < -0.3 is 9.84 Å². The third-order valence-electron chi connectivity index (χ3n) is 2.69. The molecule has 0 aliphatic carbocycles. The van der Waals surface area contributed by atoms with E-state index >= 15 is 0 Å². The van der Waals surface area contributed by atoms with Gasteiger partial charge in [-0.25, -0.2) is 0 Å². The van der Waals surface area contributed by atoms with Gasteiger partial charge in [-0.3, -0.25) is 4.79 Å². The Bertz CT molecular complexity index is 423. The Hall–Kier alpha value is -0.580. The lowest BCUT2D eigenvalue weighted by Crippen LogP contribution is -2.24. The van der Waals surface area contributed by atoms with Crippen LogP contribution in [0.3, 0.4) is 0 Å². The highest BCUT2D eigenvalue weighted by Crippen LogP contribution is 2.32. The zero-order valence-corrected chi connectivity index (χ0v) is 12.7. The first-order chi connectivity index (χ1) is 8.51. The number of ether oxygens (including phenoxy) is 1. The van der Waals surface area contributed by atoms with Gasteiger partial charge in [0.2, 0.25) is 0 Å². The SMILES string of the molecule is CCOC(=O)C(CC)C(O)c1ccc(Br)cc1Cl. The Morgan fingerprint density at radius 1 is 1.50 bits per heavy atom. The zero-order valence-electron chi connectivity index (χ0n) is 10.3. The number of benzene rings is 1. The molecule has 3 nitrogen and oxygen atoms in total. The van der Waals surface area contributed by atoms with Crippen molar-refractivity contribution >= 4 is 33.5 Å². The van der Waals surface area contributed by atoms with E-state index in [1.165, 1.54) is 0 Å². The first-order valence-electron chi connectivity index (χ1n) is 5.80. The molecule has 2 atom stereocenters. The van der Waals surface area contributed by atoms with Crippen molar-refractivity contribution in [2.45, 2.75) is 26.4 Å². The number of carbonyl (C=O) groups is 1. The number of hydrogen-bond donors (Lipinski definition) is 1. The summed E-state index contributed by atoms with van der Waals surface area (Å²) in [6.45, 7) is 3.87. The molecular formula is C13H16BrClO3. The number of aliphatic hydroxyl groups excluding tert-OH is 1. The number of carbonyl (C=O) groups excluding carboxylic acids is 1. The number of esters is 1. The van der Waals surface area contributed by atoms with Gasteiger partial charge in [0.25, 0.3) is 0 Å². The minimum Gasteiger partial charge on any atom is -0.466 e. The van der Waals surface area contributed by atoms with Crippen molar-refractivity contribution in [3.8, 4) is 0 Å². The van der Waals surface area contributed by atoms with E-state index in [1.807, 2.05) is 6.92 Å². The number of rotatable bonds is 5. The van der Waals surface area contributed by atoms with Crippen LogP contribution in [-0.4, -0.2) is 17.7 Å². The molecule has 100 valence electrons. The topological polar surface area (TPSA) is 46.5 Å². The zero-order chi connectivity index (χ0) is 13.7. The molecule has 0 amide bonds. The summed E-state index contributed by atoms with van der Waals surface area (Å²) in [5.41, 5.74) is 0.541. The lowest BCUT2D eigenvalue weighted by atomic mass is 9.93. The largest absolute Gasteiger partial charge is 0.466 e. The Balaban J connectivity index is 2.96. The predicted octanol–water partition coefficient (Wildman–Crippen LogP) is 3.73. The molecule has 0 bridgehead atoms. The molecule has 1 rings (SSSR count). The summed E-state index contributed by atoms with van der Waals surface area (Å²) >= 11 is 9.36. The smallest absolute Gasteiger partial charge is 0.311 e. The van der Waals surface area contributed by atoms with Crippen molar-refractivity contribution < 1.29 is 14.6 Å². The van der Waals surface area contributed by atoms with E-state index in [9.17, 15) is 9.90 Å². The lowest BCUT2D eigenvalue weighted by Gasteiger charge is -2.21. The summed E-state index contributed by atoms with van der Waals surface area (Å²) in [5, 5.41) is 10.7. The Morgan fingerprint density at radius 3 is 2.67 bits per heavy atom. The average Bonchev–Trinajstić information content (AvgIpc) is 2.29. The van der Waals surface area contributed by atoms with E-state index in [2.05, 4.69) is 15.9 Å². The van der Waals surface area contributed by atoms with Crippen LogP contribution in [0.5, 0.6) is 0 Å². The van der Waals surface area contributed by atoms with Crippen molar-refractivity contribution in [1.82, 2.24) is 0 Å². The second kappa shape index (κ2) is 7.12. The first-order valence-corrected chi connectivity index (χ1v) is 6.98. The van der Waals surface area contributed by atoms with Crippen molar-refractivity contribution in [2.24, 2.45) is 5.92 Å². The maximum Gasteiger partial charge on any atom is 0.311 e. The minimum absolute atomic E-state index is 0.302. The summed E-state index contributed by atoms with van der Waals surface area (Å²) < 4.78 is 5.78. The highest BCUT2D eigenvalue weighted by molar-refractivity contribution is 9.10. The number of hydrogen-bond acceptors (Lipinski definition) is 3. The van der Waals surface area contributed by atoms with Crippen LogP contribution in [0.1, 0.15) is 31.9 Å². The Morgan fingerprint density at radius 2 is 2.17 bits per heavy atom. The summed E-state index contributed by atoms with van der Waals surface area (Å²) in [6, 6.07) is 5.18. The van der Waals surface area contributed by atoms with Crippen molar-refractivity contribution in [1.29, 1.82) is 0 Å². The fourth-order valence-corrected chi connectivity index (χ4v) is 2.51. The standard InChI is InChI=1S/C13H16BrClO3/c1-3-9(13(17)18-4-2)12(16)10-6-5-8(14)7-11(10)15/h5-7,9,12,16H,3-4H2,1-2H3. The van der Waals surface area contributed by atoms with Crippen molar-refractivity contribution in [3.63, 3.8) is 0 Å². The molecule has 1 aromatic carbocycles. The van der Waals surface area contributed by atoms with Crippen LogP contribution in [0.4, 0.5) is 0 Å². The lowest BCUT2D eigenvalue weighted by molar-refractivity contribution is -0.152. The first kappa shape index (κ1) is 15.5. The molecule has 0 aliphatic heterocycles. The molecule has 0 saturated carbocycles. The fourth-order valence-electron chi connectivity index (χ4n) is 1.73. The van der Waals surface area contributed by atoms with Crippen LogP contribution in [0.2, 0.25) is 5.02 Å². The molecule has 0 radical (unpaired) electrons. The third kappa shape index (κ3) is 3.70. The maximum atomic E-state index is 11.7. The van der Waals surface area contributed by atoms with Crippen molar-refractivity contribution in [3.05, 3.63) is 33.3 Å². The van der Waals surface area contributed by atoms with Gasteiger partial charge in [0.1, 0.15) is 0 Å². The molecule has 1 N–H and O–H groups in total. The van der Waals surface area contributed by atoms with Crippen LogP contribution in [0.25, 0.3) is 0 Å². The van der Waals surface area contributed by atoms with E-state index in [1.54, 1.807) is 25.1 Å². The van der Waals surface area contributed by atoms with Crippen LogP contribution < -0.4 is 0 Å². The molecule has 5 heteroatoms. The highest BCUT2D eigenvalue weighted by atomic mass is 79.9. The molecule has 0 spiro atoms. The number of aliphatic hydroxyl groups is 1. The Kier molecular flexibility index (Phi) is 6.12. The average molecular weight is 336 g/mol. The molecule has 0 saturated heterocycles. The van der Waals surface area contributed by atoms with Gasteiger partial charge in [-0.2, -0.15) is 0 Å². The predicted molar refractivity (Wildman–Crippen MR) is 74.5 cm³/mol. The second-order valence-corrected chi connectivity index (χ2v) is 5.20. The van der Waals surface area contributed by atoms with Crippen LogP contribution >= 0.6 is 27.5 Å². The maximum absolute atomic E-state index is 11.7. The highest BCUT2D eigenvalue weighted by Gasteiger charge is 2.28. The van der Waals surface area contributed by atoms with Crippen LogP contribution in [-0.2, 0) is 9.53 Å². The van der Waals surface area contributed by atoms with Gasteiger partial charge in [0.15, 0.2) is 0 Å². The molecule has 0 aromatic heterocycles. The second-order valence-electron chi connectivity index (χ2n) is 3.88. The van der Waals surface area contributed by atoms with Crippen LogP contribution in [0.15, 0.2) is 22.7 Å². The van der Waals surface area contributed by atoms with Gasteiger partial charge in [-0.05, 0) is 25.5 Å². The van der Waals surface area contributed by atoms with Crippen molar-refractivity contribution in [2.75, 3.05) is 6.61 Å². The summed E-state index contributed by atoms with van der Waals surface area (Å²) in [4.78, 5) is 11.7. The molecular weight excluding hydrogens is 319 g/mol. The van der Waals surface area contributed by atoms with Gasteiger partial charge in [-0.1, -0.05) is 40.5 Å². The van der Waals surface area contributed by atoms with E-state index in [0.29, 0.717) is 23.6 Å². The molecule has 0 heterocycles. The summed E-state index contributed by atoms with van der Waals surface area (Å²) in [6.07, 6.45) is -0.457. The van der Waals surface area contributed by atoms with E-state index in [4.69, 9.17) is 16.3 Å². The summed E-state index contributed by atoms with van der Waals surface area (Å²) in [7, 11) is 0. The van der Waals surface area contributed by atoms with E-state index in [0.717, 1.165) is 4.47 Å². The Labute approximate surface area is 120 Å². The normalized spacial score (nSPS) is 14.1. The van der Waals surface area contributed by atoms with Gasteiger partial charge >= 0.3 is 5.97 Å². The molecule has 0 aliphatic rings. The molecule has 1 aromatic rings. The van der Waals surface area contributed by atoms with Gasteiger partial charge in [-0.15, -0.1) is 0 Å². The minimum atomic E-state index is -0.949. The van der Waals surface area contributed by atoms with Gasteiger partial charge in [0, 0.05) is 15.1 Å². The molecule has 2 unspecified atom stereocenters. The number of halogens is 2. The van der Waals surface area contributed by atoms with E-state index < -0.39 is 18.0 Å². The third-order valence-corrected chi connectivity index (χ3v) is 3.51.